The average molecular weight is 355 g/mol. The first-order valence-corrected chi connectivity index (χ1v) is 9.64. The summed E-state index contributed by atoms with van der Waals surface area (Å²) in [5.41, 5.74) is 0. The van der Waals surface area contributed by atoms with Gasteiger partial charge in [0.15, 0.2) is 0 Å². The number of sulfonamides is 1. The van der Waals surface area contributed by atoms with Gasteiger partial charge in [-0.1, -0.05) is 48.5 Å². The maximum Gasteiger partial charge on any atom is 0.242 e. The zero-order valence-electron chi connectivity index (χ0n) is 14.1. The topological polar surface area (TPSA) is 46.6 Å². The maximum absolute atomic E-state index is 12.7. The molecule has 130 valence electrons. The van der Waals surface area contributed by atoms with Crippen molar-refractivity contribution in [3.05, 3.63) is 72.8 Å². The SMILES string of the molecule is CN(CCCOc1ccccc1)S(=O)(=O)c1ccc2ccccc2c1. The Bertz CT molecular complexity index is 939. The molecule has 0 radical (unpaired) electrons. The molecule has 25 heavy (non-hydrogen) atoms. The van der Waals surface area contributed by atoms with Crippen molar-refractivity contribution in [1.82, 2.24) is 4.31 Å². The highest BCUT2D eigenvalue weighted by Crippen LogP contribution is 2.21. The van der Waals surface area contributed by atoms with Crippen LogP contribution in [0.4, 0.5) is 0 Å². The standard InChI is InChI=1S/C20H21NO3S/c1-21(14-7-15-24-19-10-3-2-4-11-19)25(22,23)20-13-12-17-8-5-6-9-18(17)16-20/h2-6,8-13,16H,7,14-15H2,1H3. The summed E-state index contributed by atoms with van der Waals surface area (Å²) in [6.45, 7) is 0.879. The summed E-state index contributed by atoms with van der Waals surface area (Å²) in [7, 11) is -1.89. The number of fused-ring (bicyclic) bond motifs is 1. The van der Waals surface area contributed by atoms with Crippen molar-refractivity contribution in [3.63, 3.8) is 0 Å². The van der Waals surface area contributed by atoms with E-state index in [4.69, 9.17) is 4.74 Å². The summed E-state index contributed by atoms with van der Waals surface area (Å²) in [4.78, 5) is 0.317. The zero-order valence-corrected chi connectivity index (χ0v) is 14.9. The van der Waals surface area contributed by atoms with Gasteiger partial charge in [0.2, 0.25) is 10.0 Å². The molecule has 3 aromatic carbocycles. The second-order valence-corrected chi connectivity index (χ2v) is 7.90. The zero-order chi connectivity index (χ0) is 17.7. The van der Waals surface area contributed by atoms with Gasteiger partial charge in [-0.15, -0.1) is 0 Å². The molecule has 0 N–H and O–H groups in total. The Kier molecular flexibility index (Phi) is 5.36. The fourth-order valence-corrected chi connectivity index (χ4v) is 3.87. The lowest BCUT2D eigenvalue weighted by Crippen LogP contribution is -2.28. The minimum absolute atomic E-state index is 0.317. The first-order valence-electron chi connectivity index (χ1n) is 8.20. The Morgan fingerprint density at radius 2 is 1.56 bits per heavy atom. The van der Waals surface area contributed by atoms with Crippen LogP contribution in [0.2, 0.25) is 0 Å². The molecular formula is C20H21NO3S. The number of para-hydroxylation sites is 1. The molecule has 0 heterocycles. The summed E-state index contributed by atoms with van der Waals surface area (Å²) in [6.07, 6.45) is 0.623. The fraction of sp³-hybridized carbons (Fsp3) is 0.200. The Morgan fingerprint density at radius 1 is 0.880 bits per heavy atom. The van der Waals surface area contributed by atoms with Gasteiger partial charge in [0.25, 0.3) is 0 Å². The van der Waals surface area contributed by atoms with Crippen LogP contribution in [0.5, 0.6) is 5.75 Å². The molecular weight excluding hydrogens is 334 g/mol. The van der Waals surface area contributed by atoms with E-state index in [0.29, 0.717) is 24.5 Å². The van der Waals surface area contributed by atoms with E-state index >= 15 is 0 Å². The Balaban J connectivity index is 1.62. The molecule has 0 aliphatic heterocycles. The third kappa shape index (κ3) is 4.18. The number of benzene rings is 3. The summed E-state index contributed by atoms with van der Waals surface area (Å²) >= 11 is 0. The highest BCUT2D eigenvalue weighted by Gasteiger charge is 2.20. The van der Waals surface area contributed by atoms with E-state index in [1.54, 1.807) is 19.2 Å². The summed E-state index contributed by atoms with van der Waals surface area (Å²) in [6, 6.07) is 22.5. The lowest BCUT2D eigenvalue weighted by molar-refractivity contribution is 0.296. The predicted molar refractivity (Wildman–Crippen MR) is 100 cm³/mol. The van der Waals surface area contributed by atoms with Gasteiger partial charge in [0, 0.05) is 13.6 Å². The minimum atomic E-state index is -3.50. The van der Waals surface area contributed by atoms with Crippen molar-refractivity contribution >= 4 is 20.8 Å². The molecule has 4 nitrogen and oxygen atoms in total. The highest BCUT2D eigenvalue weighted by atomic mass is 32.2. The number of rotatable bonds is 7. The van der Waals surface area contributed by atoms with Crippen LogP contribution >= 0.6 is 0 Å². The molecule has 5 heteroatoms. The molecule has 0 amide bonds. The van der Waals surface area contributed by atoms with E-state index < -0.39 is 10.0 Å². The van der Waals surface area contributed by atoms with E-state index in [2.05, 4.69) is 0 Å². The fourth-order valence-electron chi connectivity index (χ4n) is 2.62. The Labute approximate surface area is 148 Å². The van der Waals surface area contributed by atoms with Crippen LogP contribution in [0, 0.1) is 0 Å². The van der Waals surface area contributed by atoms with Crippen LogP contribution in [0.3, 0.4) is 0 Å². The van der Waals surface area contributed by atoms with Gasteiger partial charge in [0.05, 0.1) is 11.5 Å². The van der Waals surface area contributed by atoms with Gasteiger partial charge in [-0.3, -0.25) is 0 Å². The van der Waals surface area contributed by atoms with Crippen molar-refractivity contribution in [1.29, 1.82) is 0 Å². The number of ether oxygens (including phenoxy) is 1. The number of hydrogen-bond donors (Lipinski definition) is 0. The molecule has 0 bridgehead atoms. The normalized spacial score (nSPS) is 11.8. The number of hydrogen-bond acceptors (Lipinski definition) is 3. The smallest absolute Gasteiger partial charge is 0.242 e. The van der Waals surface area contributed by atoms with Crippen molar-refractivity contribution in [2.45, 2.75) is 11.3 Å². The van der Waals surface area contributed by atoms with Crippen LogP contribution in [-0.4, -0.2) is 32.9 Å². The van der Waals surface area contributed by atoms with Crippen LogP contribution in [0.1, 0.15) is 6.42 Å². The first-order chi connectivity index (χ1) is 12.1. The van der Waals surface area contributed by atoms with Gasteiger partial charge in [0.1, 0.15) is 5.75 Å². The molecule has 0 spiro atoms. The van der Waals surface area contributed by atoms with Crippen molar-refractivity contribution in [2.24, 2.45) is 0 Å². The third-order valence-corrected chi connectivity index (χ3v) is 5.91. The van der Waals surface area contributed by atoms with Crippen molar-refractivity contribution < 1.29 is 13.2 Å². The molecule has 3 rings (SSSR count). The average Bonchev–Trinajstić information content (AvgIpc) is 2.65. The first kappa shape index (κ1) is 17.5. The second-order valence-electron chi connectivity index (χ2n) is 5.85. The molecule has 0 aliphatic rings. The third-order valence-electron chi connectivity index (χ3n) is 4.06. The van der Waals surface area contributed by atoms with Gasteiger partial charge in [-0.25, -0.2) is 12.7 Å². The minimum Gasteiger partial charge on any atom is -0.494 e. The molecule has 0 fully saturated rings. The monoisotopic (exact) mass is 355 g/mol. The molecule has 0 saturated heterocycles. The van der Waals surface area contributed by atoms with Gasteiger partial charge in [-0.2, -0.15) is 0 Å². The van der Waals surface area contributed by atoms with Crippen LogP contribution < -0.4 is 4.74 Å². The lowest BCUT2D eigenvalue weighted by atomic mass is 10.1. The maximum atomic E-state index is 12.7. The Hall–Kier alpha value is -2.37. The largest absolute Gasteiger partial charge is 0.494 e. The van der Waals surface area contributed by atoms with Crippen LogP contribution in [0.15, 0.2) is 77.7 Å². The molecule has 0 saturated carbocycles. The van der Waals surface area contributed by atoms with E-state index in [-0.39, 0.29) is 0 Å². The summed E-state index contributed by atoms with van der Waals surface area (Å²) in [5.74, 6) is 0.794. The lowest BCUT2D eigenvalue weighted by Gasteiger charge is -2.17. The highest BCUT2D eigenvalue weighted by molar-refractivity contribution is 7.89. The molecule has 0 aliphatic carbocycles. The van der Waals surface area contributed by atoms with Crippen molar-refractivity contribution in [2.75, 3.05) is 20.2 Å². The summed E-state index contributed by atoms with van der Waals surface area (Å²) < 4.78 is 32.4. The van der Waals surface area contributed by atoms with Gasteiger partial charge < -0.3 is 4.74 Å². The molecule has 0 atom stereocenters. The van der Waals surface area contributed by atoms with Crippen LogP contribution in [-0.2, 0) is 10.0 Å². The molecule has 0 aromatic heterocycles. The second kappa shape index (κ2) is 7.68. The van der Waals surface area contributed by atoms with E-state index in [0.717, 1.165) is 16.5 Å². The van der Waals surface area contributed by atoms with E-state index in [1.165, 1.54) is 4.31 Å². The summed E-state index contributed by atoms with van der Waals surface area (Å²) in [5, 5.41) is 1.95. The predicted octanol–water partition coefficient (Wildman–Crippen LogP) is 3.93. The van der Waals surface area contributed by atoms with Gasteiger partial charge in [-0.05, 0) is 41.5 Å². The van der Waals surface area contributed by atoms with Gasteiger partial charge >= 0.3 is 0 Å². The quantitative estimate of drug-likeness (QED) is 0.603. The number of nitrogens with zero attached hydrogens (tertiary/aromatic N) is 1. The van der Waals surface area contributed by atoms with E-state index in [1.807, 2.05) is 60.7 Å². The molecule has 0 unspecified atom stereocenters. The van der Waals surface area contributed by atoms with E-state index in [9.17, 15) is 8.42 Å². The van der Waals surface area contributed by atoms with Crippen molar-refractivity contribution in [3.8, 4) is 5.75 Å². The van der Waals surface area contributed by atoms with Crippen LogP contribution in [0.25, 0.3) is 10.8 Å². The molecule has 3 aromatic rings. The Morgan fingerprint density at radius 3 is 2.32 bits per heavy atom.